The molecule has 0 fully saturated rings. The Morgan fingerprint density at radius 2 is 1.77 bits per heavy atom. The van der Waals surface area contributed by atoms with Crippen LogP contribution >= 0.6 is 24.0 Å². The highest BCUT2D eigenvalue weighted by atomic mass is 127. The minimum atomic E-state index is 0. The summed E-state index contributed by atoms with van der Waals surface area (Å²) in [6.45, 7) is 3.18. The van der Waals surface area contributed by atoms with Gasteiger partial charge in [-0.15, -0.1) is 24.0 Å². The smallest absolute Gasteiger partial charge is 0.176 e. The van der Waals surface area contributed by atoms with E-state index in [1.165, 1.54) is 10.8 Å². The molecule has 2 heteroatoms. The molecule has 0 N–H and O–H groups in total. The maximum absolute atomic E-state index is 2.18. The fraction of sp³-hybridized carbons (Fsp3) is 0.182. The molecule has 0 spiro atoms. The van der Waals surface area contributed by atoms with Crippen LogP contribution < -0.4 is 4.57 Å². The van der Waals surface area contributed by atoms with Gasteiger partial charge in [0.1, 0.15) is 6.54 Å². The van der Waals surface area contributed by atoms with E-state index in [1.54, 1.807) is 0 Å². The third-order valence-corrected chi connectivity index (χ3v) is 2.11. The van der Waals surface area contributed by atoms with E-state index in [1.807, 2.05) is 0 Å². The summed E-state index contributed by atoms with van der Waals surface area (Å²) in [6, 6.07) is 10.6. The number of nitrogens with zero attached hydrogens (tertiary/aromatic N) is 1. The highest BCUT2D eigenvalue weighted by Gasteiger charge is 1.97. The molecule has 0 aliphatic rings. The van der Waals surface area contributed by atoms with Gasteiger partial charge in [0, 0.05) is 11.5 Å². The van der Waals surface area contributed by atoms with Crippen LogP contribution in [0.25, 0.3) is 10.8 Å². The summed E-state index contributed by atoms with van der Waals surface area (Å²) in [7, 11) is 0. The fourth-order valence-electron chi connectivity index (χ4n) is 1.37. The van der Waals surface area contributed by atoms with Gasteiger partial charge in [0.15, 0.2) is 12.4 Å². The lowest BCUT2D eigenvalue weighted by molar-refractivity contribution is -0.692. The zero-order valence-electron chi connectivity index (χ0n) is 7.60. The van der Waals surface area contributed by atoms with Crippen LogP contribution in [0, 0.1) is 0 Å². The molecule has 0 atom stereocenters. The lowest BCUT2D eigenvalue weighted by atomic mass is 10.2. The van der Waals surface area contributed by atoms with Gasteiger partial charge in [-0.25, -0.2) is 4.57 Å². The van der Waals surface area contributed by atoms with E-state index < -0.39 is 0 Å². The predicted octanol–water partition coefficient (Wildman–Crippen LogP) is 2.77. The van der Waals surface area contributed by atoms with Crippen LogP contribution in [-0.2, 0) is 6.54 Å². The molecule has 1 aromatic heterocycles. The van der Waals surface area contributed by atoms with Crippen LogP contribution in [0.1, 0.15) is 6.92 Å². The molecule has 2 aromatic rings. The third-order valence-electron chi connectivity index (χ3n) is 2.11. The first-order valence-corrected chi connectivity index (χ1v) is 4.28. The van der Waals surface area contributed by atoms with Crippen LogP contribution in [0.15, 0.2) is 42.7 Å². The first-order valence-electron chi connectivity index (χ1n) is 4.28. The Bertz CT molecular complexity index is 398. The molecule has 1 aromatic carbocycles. The van der Waals surface area contributed by atoms with Gasteiger partial charge in [-0.05, 0) is 18.4 Å². The number of aryl methyl sites for hydroxylation is 1. The van der Waals surface area contributed by atoms with E-state index in [0.29, 0.717) is 0 Å². The van der Waals surface area contributed by atoms with E-state index in [0.717, 1.165) is 6.54 Å². The largest absolute Gasteiger partial charge is 0.205 e. The number of rotatable bonds is 1. The Kier molecular flexibility index (Phi) is 3.66. The van der Waals surface area contributed by atoms with E-state index in [-0.39, 0.29) is 24.0 Å². The predicted molar refractivity (Wildman–Crippen MR) is 65.2 cm³/mol. The molecule has 1 nitrogen and oxygen atoms in total. The Labute approximate surface area is 95.4 Å². The van der Waals surface area contributed by atoms with Crippen molar-refractivity contribution in [2.75, 3.05) is 0 Å². The number of pyridine rings is 1. The quantitative estimate of drug-likeness (QED) is 0.560. The highest BCUT2D eigenvalue weighted by molar-refractivity contribution is 14.0. The van der Waals surface area contributed by atoms with Crippen molar-refractivity contribution in [3.8, 4) is 0 Å². The first-order chi connectivity index (χ1) is 5.90. The van der Waals surface area contributed by atoms with Crippen molar-refractivity contribution in [2.24, 2.45) is 0 Å². The second-order valence-corrected chi connectivity index (χ2v) is 2.90. The molecular formula is C11H13IN+. The van der Waals surface area contributed by atoms with Crippen molar-refractivity contribution < 1.29 is 4.57 Å². The van der Waals surface area contributed by atoms with Gasteiger partial charge >= 0.3 is 0 Å². The van der Waals surface area contributed by atoms with Gasteiger partial charge in [0.2, 0.25) is 0 Å². The van der Waals surface area contributed by atoms with Crippen LogP contribution in [0.3, 0.4) is 0 Å². The SMILES string of the molecule is CC[n+]1ccc2ccccc2c1.I. The second kappa shape index (κ2) is 4.56. The van der Waals surface area contributed by atoms with Crippen LogP contribution in [-0.4, -0.2) is 0 Å². The topological polar surface area (TPSA) is 3.88 Å². The normalized spacial score (nSPS) is 9.62. The molecule has 0 bridgehead atoms. The maximum Gasteiger partial charge on any atom is 0.176 e. The van der Waals surface area contributed by atoms with E-state index in [2.05, 4.69) is 54.2 Å². The molecule has 13 heavy (non-hydrogen) atoms. The summed E-state index contributed by atoms with van der Waals surface area (Å²) in [4.78, 5) is 0. The van der Waals surface area contributed by atoms with Gasteiger partial charge in [0.05, 0.1) is 0 Å². The van der Waals surface area contributed by atoms with Crippen molar-refractivity contribution >= 4 is 34.7 Å². The van der Waals surface area contributed by atoms with Crippen LogP contribution in [0.5, 0.6) is 0 Å². The van der Waals surface area contributed by atoms with Crippen molar-refractivity contribution in [3.05, 3.63) is 42.7 Å². The molecule has 2 rings (SSSR count). The Balaban J connectivity index is 0.000000845. The minimum absolute atomic E-state index is 0. The zero-order chi connectivity index (χ0) is 8.39. The van der Waals surface area contributed by atoms with Gasteiger partial charge < -0.3 is 0 Å². The number of aromatic nitrogens is 1. The molecule has 0 saturated carbocycles. The summed E-state index contributed by atoms with van der Waals surface area (Å²) < 4.78 is 2.18. The van der Waals surface area contributed by atoms with Gasteiger partial charge in [0.25, 0.3) is 0 Å². The highest BCUT2D eigenvalue weighted by Crippen LogP contribution is 2.09. The molecule has 0 amide bonds. The molecule has 68 valence electrons. The summed E-state index contributed by atoms with van der Waals surface area (Å²) in [6.07, 6.45) is 4.29. The van der Waals surface area contributed by atoms with Crippen molar-refractivity contribution in [2.45, 2.75) is 13.5 Å². The summed E-state index contributed by atoms with van der Waals surface area (Å²) in [5.74, 6) is 0. The molecule has 0 unspecified atom stereocenters. The average Bonchev–Trinajstić information content (AvgIpc) is 2.17. The Morgan fingerprint density at radius 1 is 1.08 bits per heavy atom. The molecule has 0 saturated heterocycles. The number of hydrogen-bond acceptors (Lipinski definition) is 0. The van der Waals surface area contributed by atoms with Gasteiger partial charge in [-0.3, -0.25) is 0 Å². The molecule has 1 heterocycles. The van der Waals surface area contributed by atoms with Crippen molar-refractivity contribution in [3.63, 3.8) is 0 Å². The maximum atomic E-state index is 2.18. The Hall–Kier alpha value is -0.640. The zero-order valence-corrected chi connectivity index (χ0v) is 9.93. The van der Waals surface area contributed by atoms with E-state index in [4.69, 9.17) is 0 Å². The molecule has 0 aliphatic carbocycles. The van der Waals surface area contributed by atoms with E-state index in [9.17, 15) is 0 Å². The monoisotopic (exact) mass is 286 g/mol. The minimum Gasteiger partial charge on any atom is -0.205 e. The number of hydrogen-bond donors (Lipinski definition) is 0. The summed E-state index contributed by atoms with van der Waals surface area (Å²) in [5.41, 5.74) is 0. The number of halogens is 1. The Morgan fingerprint density at radius 3 is 2.46 bits per heavy atom. The number of fused-ring (bicyclic) bond motifs is 1. The van der Waals surface area contributed by atoms with Crippen LogP contribution in [0.4, 0.5) is 0 Å². The third kappa shape index (κ3) is 2.18. The lowest BCUT2D eigenvalue weighted by Gasteiger charge is -1.95. The first kappa shape index (κ1) is 10.4. The lowest BCUT2D eigenvalue weighted by Crippen LogP contribution is -2.30. The standard InChI is InChI=1S/C11H12N.HI/c1-2-12-8-7-10-5-3-4-6-11(10)9-12;/h3-9H,2H2,1H3;1H/q+1;. The van der Waals surface area contributed by atoms with E-state index >= 15 is 0 Å². The fourth-order valence-corrected chi connectivity index (χ4v) is 1.37. The second-order valence-electron chi connectivity index (χ2n) is 2.90. The summed E-state index contributed by atoms with van der Waals surface area (Å²) >= 11 is 0. The average molecular weight is 286 g/mol. The molecular weight excluding hydrogens is 273 g/mol. The van der Waals surface area contributed by atoms with Gasteiger partial charge in [-0.1, -0.05) is 18.2 Å². The van der Waals surface area contributed by atoms with Crippen LogP contribution in [0.2, 0.25) is 0 Å². The molecule has 0 aliphatic heterocycles. The molecule has 0 radical (unpaired) electrons. The van der Waals surface area contributed by atoms with Gasteiger partial charge in [-0.2, -0.15) is 0 Å². The van der Waals surface area contributed by atoms with Crippen molar-refractivity contribution in [1.29, 1.82) is 0 Å². The summed E-state index contributed by atoms with van der Waals surface area (Å²) in [5, 5.41) is 2.61. The van der Waals surface area contributed by atoms with Crippen molar-refractivity contribution in [1.82, 2.24) is 0 Å². The number of benzene rings is 1.